The zero-order chi connectivity index (χ0) is 20.7. The monoisotopic (exact) mass is 383 g/mol. The van der Waals surface area contributed by atoms with Crippen LogP contribution in [-0.2, 0) is 14.3 Å². The molecule has 0 spiro atoms. The minimum Gasteiger partial charge on any atom is -0.465 e. The molecular formula is C21H25N3O4. The SMILES string of the molecule is COC(=O)c1ccccc1NC(=O)CCN(C(C)=O)c1ccc(N(C)C)cc1. The van der Waals surface area contributed by atoms with E-state index >= 15 is 0 Å². The van der Waals surface area contributed by atoms with E-state index in [4.69, 9.17) is 4.74 Å². The molecule has 148 valence electrons. The van der Waals surface area contributed by atoms with Crippen LogP contribution in [0.5, 0.6) is 0 Å². The maximum atomic E-state index is 12.4. The first kappa shape index (κ1) is 21.0. The smallest absolute Gasteiger partial charge is 0.339 e. The molecule has 7 heteroatoms. The first-order chi connectivity index (χ1) is 13.3. The van der Waals surface area contributed by atoms with E-state index in [1.165, 1.54) is 14.0 Å². The van der Waals surface area contributed by atoms with E-state index in [0.29, 0.717) is 5.69 Å². The molecule has 0 radical (unpaired) electrons. The number of amides is 2. The molecule has 0 bridgehead atoms. The van der Waals surface area contributed by atoms with E-state index in [9.17, 15) is 14.4 Å². The van der Waals surface area contributed by atoms with Gasteiger partial charge in [-0.05, 0) is 36.4 Å². The van der Waals surface area contributed by atoms with Crippen LogP contribution in [0, 0.1) is 0 Å². The molecule has 2 aromatic carbocycles. The van der Waals surface area contributed by atoms with Gasteiger partial charge in [-0.15, -0.1) is 0 Å². The quantitative estimate of drug-likeness (QED) is 0.744. The molecular weight excluding hydrogens is 358 g/mol. The maximum Gasteiger partial charge on any atom is 0.339 e. The van der Waals surface area contributed by atoms with E-state index in [2.05, 4.69) is 5.32 Å². The zero-order valence-electron chi connectivity index (χ0n) is 16.6. The highest BCUT2D eigenvalue weighted by Crippen LogP contribution is 2.21. The molecule has 2 aromatic rings. The lowest BCUT2D eigenvalue weighted by Gasteiger charge is -2.22. The van der Waals surface area contributed by atoms with Crippen molar-refractivity contribution in [1.29, 1.82) is 0 Å². The first-order valence-electron chi connectivity index (χ1n) is 8.86. The van der Waals surface area contributed by atoms with Gasteiger partial charge in [0.05, 0.1) is 18.4 Å². The Morgan fingerprint density at radius 2 is 1.57 bits per heavy atom. The number of rotatable bonds is 7. The van der Waals surface area contributed by atoms with Crippen molar-refractivity contribution < 1.29 is 19.1 Å². The lowest BCUT2D eigenvalue weighted by molar-refractivity contribution is -0.117. The number of hydrogen-bond acceptors (Lipinski definition) is 5. The fraction of sp³-hybridized carbons (Fsp3) is 0.286. The van der Waals surface area contributed by atoms with E-state index < -0.39 is 5.97 Å². The zero-order valence-corrected chi connectivity index (χ0v) is 16.6. The average molecular weight is 383 g/mol. The minimum absolute atomic E-state index is 0.0878. The Kier molecular flexibility index (Phi) is 7.14. The van der Waals surface area contributed by atoms with Gasteiger partial charge in [-0.25, -0.2) is 4.79 Å². The Hall–Kier alpha value is -3.35. The molecule has 0 unspecified atom stereocenters. The number of esters is 1. The first-order valence-corrected chi connectivity index (χ1v) is 8.86. The summed E-state index contributed by atoms with van der Waals surface area (Å²) in [7, 11) is 5.16. The van der Waals surface area contributed by atoms with E-state index in [0.717, 1.165) is 11.4 Å². The molecule has 0 saturated carbocycles. The number of nitrogens with zero attached hydrogens (tertiary/aromatic N) is 2. The van der Waals surface area contributed by atoms with Gasteiger partial charge in [-0.3, -0.25) is 9.59 Å². The average Bonchev–Trinajstić information content (AvgIpc) is 2.68. The molecule has 0 saturated heterocycles. The minimum atomic E-state index is -0.526. The van der Waals surface area contributed by atoms with E-state index in [-0.39, 0.29) is 30.3 Å². The summed E-state index contributed by atoms with van der Waals surface area (Å²) in [5.41, 5.74) is 2.40. The lowest BCUT2D eigenvalue weighted by Crippen LogP contribution is -2.32. The standard InChI is InChI=1S/C21H25N3O4/c1-15(25)24(17-11-9-16(10-12-17)23(2)3)14-13-20(26)22-19-8-6-5-7-18(19)21(27)28-4/h5-12H,13-14H2,1-4H3,(H,22,26). The van der Waals surface area contributed by atoms with Gasteiger partial charge < -0.3 is 19.9 Å². The van der Waals surface area contributed by atoms with Crippen LogP contribution in [0.2, 0.25) is 0 Å². The summed E-state index contributed by atoms with van der Waals surface area (Å²) in [6, 6.07) is 14.1. The molecule has 0 aliphatic rings. The molecule has 2 amide bonds. The predicted octanol–water partition coefficient (Wildman–Crippen LogP) is 2.92. The van der Waals surface area contributed by atoms with Gasteiger partial charge in [0, 0.05) is 45.4 Å². The van der Waals surface area contributed by atoms with Crippen LogP contribution in [0.15, 0.2) is 48.5 Å². The molecule has 7 nitrogen and oxygen atoms in total. The fourth-order valence-electron chi connectivity index (χ4n) is 2.71. The van der Waals surface area contributed by atoms with Gasteiger partial charge in [-0.1, -0.05) is 12.1 Å². The largest absolute Gasteiger partial charge is 0.465 e. The summed E-state index contributed by atoms with van der Waals surface area (Å²) in [5.74, 6) is -0.977. The van der Waals surface area contributed by atoms with E-state index in [1.807, 2.05) is 43.3 Å². The van der Waals surface area contributed by atoms with Gasteiger partial charge in [0.15, 0.2) is 0 Å². The van der Waals surface area contributed by atoms with Crippen LogP contribution < -0.4 is 15.1 Å². The fourth-order valence-corrected chi connectivity index (χ4v) is 2.71. The summed E-state index contributed by atoms with van der Waals surface area (Å²) in [6.45, 7) is 1.69. The van der Waals surface area contributed by atoms with Crippen molar-refractivity contribution in [3.63, 3.8) is 0 Å². The topological polar surface area (TPSA) is 79.0 Å². The number of carbonyl (C=O) groups is 3. The Morgan fingerprint density at radius 1 is 0.964 bits per heavy atom. The van der Waals surface area contributed by atoms with Crippen LogP contribution in [0.4, 0.5) is 17.1 Å². The Labute approximate surface area is 164 Å². The van der Waals surface area contributed by atoms with Crippen LogP contribution in [0.3, 0.4) is 0 Å². The number of nitrogens with one attached hydrogen (secondary N) is 1. The van der Waals surface area contributed by atoms with Crippen LogP contribution >= 0.6 is 0 Å². The molecule has 0 aromatic heterocycles. The second kappa shape index (κ2) is 9.55. The lowest BCUT2D eigenvalue weighted by atomic mass is 10.1. The third-order valence-corrected chi connectivity index (χ3v) is 4.23. The summed E-state index contributed by atoms with van der Waals surface area (Å²) in [6.07, 6.45) is 0.0878. The van der Waals surface area contributed by atoms with Gasteiger partial charge in [-0.2, -0.15) is 0 Å². The second-order valence-corrected chi connectivity index (χ2v) is 6.42. The molecule has 0 aliphatic carbocycles. The molecule has 0 aliphatic heterocycles. The van der Waals surface area contributed by atoms with Crippen molar-refractivity contribution >= 4 is 34.8 Å². The number of hydrogen-bond donors (Lipinski definition) is 1. The Morgan fingerprint density at radius 3 is 2.14 bits per heavy atom. The van der Waals surface area contributed by atoms with E-state index in [1.54, 1.807) is 29.2 Å². The summed E-state index contributed by atoms with van der Waals surface area (Å²) >= 11 is 0. The van der Waals surface area contributed by atoms with Crippen molar-refractivity contribution in [3.8, 4) is 0 Å². The second-order valence-electron chi connectivity index (χ2n) is 6.42. The Bertz CT molecular complexity index is 847. The molecule has 0 fully saturated rings. The maximum absolute atomic E-state index is 12.4. The van der Waals surface area contributed by atoms with Gasteiger partial charge in [0.1, 0.15) is 0 Å². The normalized spacial score (nSPS) is 10.1. The van der Waals surface area contributed by atoms with Crippen LogP contribution in [-0.4, -0.2) is 45.5 Å². The van der Waals surface area contributed by atoms with Gasteiger partial charge in [0.25, 0.3) is 0 Å². The number of carbonyl (C=O) groups excluding carboxylic acids is 3. The number of benzene rings is 2. The van der Waals surface area contributed by atoms with Crippen molar-refractivity contribution in [3.05, 3.63) is 54.1 Å². The van der Waals surface area contributed by atoms with Crippen molar-refractivity contribution in [2.75, 3.05) is 42.9 Å². The molecule has 1 N–H and O–H groups in total. The third-order valence-electron chi connectivity index (χ3n) is 4.23. The number of ether oxygens (including phenoxy) is 1. The number of para-hydroxylation sites is 1. The highest BCUT2D eigenvalue weighted by molar-refractivity contribution is 6.01. The molecule has 0 atom stereocenters. The van der Waals surface area contributed by atoms with Gasteiger partial charge >= 0.3 is 5.97 Å². The summed E-state index contributed by atoms with van der Waals surface area (Å²) < 4.78 is 4.73. The summed E-state index contributed by atoms with van der Waals surface area (Å²) in [4.78, 5) is 39.7. The van der Waals surface area contributed by atoms with Crippen LogP contribution in [0.1, 0.15) is 23.7 Å². The molecule has 0 heterocycles. The summed E-state index contributed by atoms with van der Waals surface area (Å²) in [5, 5.41) is 2.71. The van der Waals surface area contributed by atoms with Crippen LogP contribution in [0.25, 0.3) is 0 Å². The molecule has 28 heavy (non-hydrogen) atoms. The highest BCUT2D eigenvalue weighted by Gasteiger charge is 2.16. The highest BCUT2D eigenvalue weighted by atomic mass is 16.5. The number of anilines is 3. The Balaban J connectivity index is 2.05. The van der Waals surface area contributed by atoms with Gasteiger partial charge in [0.2, 0.25) is 11.8 Å². The van der Waals surface area contributed by atoms with Crippen molar-refractivity contribution in [2.24, 2.45) is 0 Å². The predicted molar refractivity (Wildman–Crippen MR) is 110 cm³/mol. The molecule has 2 rings (SSSR count). The van der Waals surface area contributed by atoms with Crippen molar-refractivity contribution in [1.82, 2.24) is 0 Å². The van der Waals surface area contributed by atoms with Crippen molar-refractivity contribution in [2.45, 2.75) is 13.3 Å². The number of methoxy groups -OCH3 is 1. The third kappa shape index (κ3) is 5.33.